The molecule has 1 amide bonds. The zero-order chi connectivity index (χ0) is 15.7. The van der Waals surface area contributed by atoms with Crippen molar-refractivity contribution >= 4 is 27.5 Å². The number of carbonyl (C=O) groups excluding carboxylic acids is 1. The molecule has 0 saturated heterocycles. The van der Waals surface area contributed by atoms with Gasteiger partial charge in [0.1, 0.15) is 11.6 Å². The summed E-state index contributed by atoms with van der Waals surface area (Å²) in [5, 5.41) is 29.7. The summed E-state index contributed by atoms with van der Waals surface area (Å²) in [6, 6.07) is 9.05. The van der Waals surface area contributed by atoms with Crippen LogP contribution in [0.3, 0.4) is 0 Å². The molecule has 0 unspecified atom stereocenters. The molecule has 1 rings (SSSR count). The van der Waals surface area contributed by atoms with E-state index in [2.05, 4.69) is 21.2 Å². The molecule has 21 heavy (non-hydrogen) atoms. The Hall–Kier alpha value is -1.88. The summed E-state index contributed by atoms with van der Waals surface area (Å²) in [5.41, 5.74) is 0.634. The molecule has 1 aromatic rings. The lowest BCUT2D eigenvalue weighted by atomic mass is 10.2. The van der Waals surface area contributed by atoms with Crippen LogP contribution in [0.15, 0.2) is 40.5 Å². The molecule has 0 bridgehead atoms. The average molecular weight is 354 g/mol. The molecule has 6 nitrogen and oxygen atoms in total. The molecule has 0 aliphatic rings. The van der Waals surface area contributed by atoms with Crippen molar-refractivity contribution in [1.29, 1.82) is 5.26 Å². The highest BCUT2D eigenvalue weighted by atomic mass is 79.9. The second-order valence-electron chi connectivity index (χ2n) is 4.06. The molecule has 112 valence electrons. The van der Waals surface area contributed by atoms with Gasteiger partial charge >= 0.3 is 0 Å². The van der Waals surface area contributed by atoms with Crippen LogP contribution in [0.5, 0.6) is 0 Å². The van der Waals surface area contributed by atoms with E-state index in [9.17, 15) is 4.79 Å². The number of rotatable bonds is 7. The van der Waals surface area contributed by atoms with Crippen LogP contribution in [0.1, 0.15) is 0 Å². The maximum absolute atomic E-state index is 12.1. The normalized spacial score (nSPS) is 10.9. The van der Waals surface area contributed by atoms with Crippen molar-refractivity contribution in [2.75, 3.05) is 31.6 Å². The molecule has 0 spiro atoms. The topological polar surface area (TPSA) is 96.6 Å². The monoisotopic (exact) mass is 353 g/mol. The summed E-state index contributed by atoms with van der Waals surface area (Å²) in [5.74, 6) is -0.537. The van der Waals surface area contributed by atoms with Crippen molar-refractivity contribution < 1.29 is 15.0 Å². The minimum Gasteiger partial charge on any atom is -0.395 e. The van der Waals surface area contributed by atoms with Gasteiger partial charge in [-0.05, 0) is 24.3 Å². The number of hydrogen-bond acceptors (Lipinski definition) is 5. The lowest BCUT2D eigenvalue weighted by molar-refractivity contribution is -0.127. The number of amides is 1. The van der Waals surface area contributed by atoms with Crippen LogP contribution in [0.4, 0.5) is 5.69 Å². The van der Waals surface area contributed by atoms with Gasteiger partial charge < -0.3 is 20.4 Å². The summed E-state index contributed by atoms with van der Waals surface area (Å²) in [4.78, 5) is 13.3. The van der Waals surface area contributed by atoms with Crippen LogP contribution < -0.4 is 5.32 Å². The second-order valence-corrected chi connectivity index (χ2v) is 4.98. The van der Waals surface area contributed by atoms with Gasteiger partial charge in [0, 0.05) is 29.4 Å². The Bertz CT molecular complexity index is 531. The number of aliphatic hydroxyl groups is 2. The molecule has 0 saturated carbocycles. The second kappa shape index (κ2) is 9.13. The number of nitrogens with one attached hydrogen (secondary N) is 1. The molecule has 7 heteroatoms. The van der Waals surface area contributed by atoms with E-state index in [0.29, 0.717) is 0 Å². The summed E-state index contributed by atoms with van der Waals surface area (Å²) in [7, 11) is 0. The van der Waals surface area contributed by atoms with E-state index in [4.69, 9.17) is 15.5 Å². The molecular formula is C14H16BrN3O3. The molecule has 0 aliphatic heterocycles. The van der Waals surface area contributed by atoms with Crippen molar-refractivity contribution in [2.45, 2.75) is 0 Å². The fraction of sp³-hybridized carbons (Fsp3) is 0.286. The highest BCUT2D eigenvalue weighted by Gasteiger charge is 2.17. The average Bonchev–Trinajstić information content (AvgIpc) is 2.49. The Morgan fingerprint density at radius 3 is 2.33 bits per heavy atom. The highest BCUT2D eigenvalue weighted by Crippen LogP contribution is 2.14. The van der Waals surface area contributed by atoms with Crippen LogP contribution in [-0.4, -0.2) is 47.3 Å². The molecule has 0 aliphatic carbocycles. The van der Waals surface area contributed by atoms with E-state index < -0.39 is 5.91 Å². The van der Waals surface area contributed by atoms with Crippen molar-refractivity contribution in [3.63, 3.8) is 0 Å². The predicted octanol–water partition coefficient (Wildman–Crippen LogP) is 1.08. The molecule has 0 radical (unpaired) electrons. The first-order valence-corrected chi connectivity index (χ1v) is 7.05. The Morgan fingerprint density at radius 1 is 1.29 bits per heavy atom. The van der Waals surface area contributed by atoms with Gasteiger partial charge in [0.2, 0.25) is 0 Å². The number of nitriles is 1. The summed E-state index contributed by atoms with van der Waals surface area (Å²) >= 11 is 3.31. The first kappa shape index (κ1) is 17.2. The van der Waals surface area contributed by atoms with Gasteiger partial charge in [0.25, 0.3) is 5.91 Å². The van der Waals surface area contributed by atoms with Crippen LogP contribution >= 0.6 is 15.9 Å². The fourth-order valence-electron chi connectivity index (χ4n) is 1.57. The maximum Gasteiger partial charge on any atom is 0.266 e. The van der Waals surface area contributed by atoms with Crippen LogP contribution in [0, 0.1) is 11.3 Å². The molecule has 3 N–H and O–H groups in total. The van der Waals surface area contributed by atoms with Gasteiger partial charge in [-0.3, -0.25) is 4.79 Å². The largest absolute Gasteiger partial charge is 0.395 e. The highest BCUT2D eigenvalue weighted by molar-refractivity contribution is 9.10. The molecule has 0 fully saturated rings. The first-order chi connectivity index (χ1) is 10.1. The number of anilines is 1. The smallest absolute Gasteiger partial charge is 0.266 e. The predicted molar refractivity (Wildman–Crippen MR) is 82.2 cm³/mol. The molecule has 0 aromatic heterocycles. The Balaban J connectivity index is 2.80. The molecular weight excluding hydrogens is 338 g/mol. The Morgan fingerprint density at radius 2 is 1.86 bits per heavy atom. The van der Waals surface area contributed by atoms with Gasteiger partial charge in [-0.2, -0.15) is 5.26 Å². The van der Waals surface area contributed by atoms with Crippen molar-refractivity contribution in [2.24, 2.45) is 0 Å². The quantitative estimate of drug-likeness (QED) is 0.503. The van der Waals surface area contributed by atoms with Gasteiger partial charge in [-0.25, -0.2) is 0 Å². The third-order valence-electron chi connectivity index (χ3n) is 2.61. The van der Waals surface area contributed by atoms with E-state index >= 15 is 0 Å². The van der Waals surface area contributed by atoms with Gasteiger partial charge in [0.05, 0.1) is 13.2 Å². The standard InChI is InChI=1S/C14H16BrN3O3/c15-12-1-3-13(4-2-12)17-10-11(9-16)14(21)18(5-7-19)6-8-20/h1-4,10,17,19-20H,5-8H2/b11-10-. The number of nitrogens with zero attached hydrogens (tertiary/aromatic N) is 2. The summed E-state index contributed by atoms with van der Waals surface area (Å²) in [6.07, 6.45) is 1.31. The van der Waals surface area contributed by atoms with E-state index in [-0.39, 0.29) is 31.9 Å². The number of halogens is 1. The van der Waals surface area contributed by atoms with E-state index in [0.717, 1.165) is 10.2 Å². The molecule has 1 aromatic carbocycles. The van der Waals surface area contributed by atoms with Crippen molar-refractivity contribution in [3.8, 4) is 6.07 Å². The minimum absolute atomic E-state index is 0.0662. The number of hydrogen-bond donors (Lipinski definition) is 3. The van der Waals surface area contributed by atoms with Crippen LogP contribution in [0.25, 0.3) is 0 Å². The zero-order valence-corrected chi connectivity index (χ0v) is 12.9. The molecule has 0 heterocycles. The number of benzene rings is 1. The van der Waals surface area contributed by atoms with E-state index in [1.165, 1.54) is 11.1 Å². The zero-order valence-electron chi connectivity index (χ0n) is 11.3. The van der Waals surface area contributed by atoms with Gasteiger partial charge in [0.15, 0.2) is 0 Å². The van der Waals surface area contributed by atoms with Crippen LogP contribution in [0.2, 0.25) is 0 Å². The van der Waals surface area contributed by atoms with Crippen molar-refractivity contribution in [1.82, 2.24) is 4.90 Å². The number of carbonyl (C=O) groups is 1. The summed E-state index contributed by atoms with van der Waals surface area (Å²) in [6.45, 7) is -0.331. The first-order valence-electron chi connectivity index (χ1n) is 6.25. The lowest BCUT2D eigenvalue weighted by Gasteiger charge is -2.20. The third kappa shape index (κ3) is 5.55. The SMILES string of the molecule is N#C/C(=C/Nc1ccc(Br)cc1)C(=O)N(CCO)CCO. The maximum atomic E-state index is 12.1. The lowest BCUT2D eigenvalue weighted by Crippen LogP contribution is -2.36. The van der Waals surface area contributed by atoms with Crippen LogP contribution in [-0.2, 0) is 4.79 Å². The molecule has 0 atom stereocenters. The summed E-state index contributed by atoms with van der Waals surface area (Å²) < 4.78 is 0.922. The van der Waals surface area contributed by atoms with Gasteiger partial charge in [-0.15, -0.1) is 0 Å². The third-order valence-corrected chi connectivity index (χ3v) is 3.13. The van der Waals surface area contributed by atoms with E-state index in [1.54, 1.807) is 12.1 Å². The van der Waals surface area contributed by atoms with E-state index in [1.807, 2.05) is 18.2 Å². The Labute approximate surface area is 131 Å². The Kier molecular flexibility index (Phi) is 7.46. The van der Waals surface area contributed by atoms with Gasteiger partial charge in [-0.1, -0.05) is 15.9 Å². The minimum atomic E-state index is -0.537. The van der Waals surface area contributed by atoms with Crippen molar-refractivity contribution in [3.05, 3.63) is 40.5 Å². The fourth-order valence-corrected chi connectivity index (χ4v) is 1.83. The number of aliphatic hydroxyl groups excluding tert-OH is 2.